The molecular formula is C24H14ClF3N2O2. The number of pyridine rings is 2. The molecule has 0 aliphatic rings. The van der Waals surface area contributed by atoms with Crippen molar-refractivity contribution in [1.82, 2.24) is 9.97 Å². The van der Waals surface area contributed by atoms with Crippen molar-refractivity contribution in [3.05, 3.63) is 105 Å². The van der Waals surface area contributed by atoms with Gasteiger partial charge in [0.15, 0.2) is 5.78 Å². The minimum absolute atomic E-state index is 0.0784. The summed E-state index contributed by atoms with van der Waals surface area (Å²) in [6.45, 7) is 0. The van der Waals surface area contributed by atoms with Gasteiger partial charge in [-0.25, -0.2) is 0 Å². The molecule has 160 valence electrons. The van der Waals surface area contributed by atoms with Crippen LogP contribution in [0.25, 0.3) is 28.1 Å². The molecule has 4 aromatic rings. The first-order valence-electron chi connectivity index (χ1n) is 9.39. The largest absolute Gasteiger partial charge is 0.417 e. The number of fused-ring (bicyclic) bond motifs is 1. The number of carbonyl (C=O) groups is 1. The first-order chi connectivity index (χ1) is 15.2. The van der Waals surface area contributed by atoms with Crippen LogP contribution >= 0.6 is 11.6 Å². The normalized spacial score (nSPS) is 11.9. The second kappa shape index (κ2) is 8.43. The minimum atomic E-state index is -4.56. The minimum Gasteiger partial charge on any atom is -0.321 e. The highest BCUT2D eigenvalue weighted by Gasteiger charge is 2.30. The van der Waals surface area contributed by atoms with Crippen LogP contribution in [0, 0.1) is 0 Å². The molecule has 0 aliphatic carbocycles. The van der Waals surface area contributed by atoms with Gasteiger partial charge in [0.1, 0.15) is 0 Å². The number of ketones is 1. The van der Waals surface area contributed by atoms with Crippen molar-refractivity contribution in [2.24, 2.45) is 0 Å². The highest BCUT2D eigenvalue weighted by molar-refractivity contribution is 6.31. The molecule has 8 heteroatoms. The highest BCUT2D eigenvalue weighted by atomic mass is 35.5. The van der Waals surface area contributed by atoms with Crippen LogP contribution in [-0.4, -0.2) is 15.8 Å². The standard InChI is InChI=1S/C24H14ClF3N2O2/c25-17-7-8-19-18(11-17)21(15-4-2-1-3-5-15)22(23(32)30-19)20(31)9-6-14-10-16(13-29-12-14)24(26,27)28/h1-13H,(H,30,32)/b9-6+. The molecule has 32 heavy (non-hydrogen) atoms. The molecule has 0 saturated carbocycles. The van der Waals surface area contributed by atoms with Crippen LogP contribution in [0.1, 0.15) is 21.5 Å². The van der Waals surface area contributed by atoms with Gasteiger partial charge in [-0.1, -0.05) is 41.9 Å². The van der Waals surface area contributed by atoms with Gasteiger partial charge in [0.25, 0.3) is 5.56 Å². The van der Waals surface area contributed by atoms with Crippen LogP contribution < -0.4 is 5.56 Å². The lowest BCUT2D eigenvalue weighted by Crippen LogP contribution is -2.18. The van der Waals surface area contributed by atoms with Crippen molar-refractivity contribution in [1.29, 1.82) is 0 Å². The fourth-order valence-corrected chi connectivity index (χ4v) is 3.54. The van der Waals surface area contributed by atoms with Crippen molar-refractivity contribution < 1.29 is 18.0 Å². The number of halogens is 4. The Labute approximate surface area is 185 Å². The van der Waals surface area contributed by atoms with Crippen molar-refractivity contribution in [2.75, 3.05) is 0 Å². The maximum Gasteiger partial charge on any atom is 0.417 e. The number of hydrogen-bond acceptors (Lipinski definition) is 3. The number of aromatic amines is 1. The van der Waals surface area contributed by atoms with Crippen molar-refractivity contribution in [3.63, 3.8) is 0 Å². The van der Waals surface area contributed by atoms with Crippen molar-refractivity contribution in [3.8, 4) is 11.1 Å². The number of rotatable bonds is 4. The van der Waals surface area contributed by atoms with Gasteiger partial charge in [-0.2, -0.15) is 13.2 Å². The molecule has 2 aromatic heterocycles. The third-order valence-electron chi connectivity index (χ3n) is 4.80. The topological polar surface area (TPSA) is 62.8 Å². The van der Waals surface area contributed by atoms with E-state index < -0.39 is 23.1 Å². The Kier molecular flexibility index (Phi) is 5.67. The molecule has 0 atom stereocenters. The fraction of sp³-hybridized carbons (Fsp3) is 0.0417. The molecule has 2 heterocycles. The molecule has 4 rings (SSSR count). The van der Waals surface area contributed by atoms with E-state index in [0.717, 1.165) is 12.1 Å². The number of nitrogens with one attached hydrogen (secondary N) is 1. The van der Waals surface area contributed by atoms with Gasteiger partial charge in [-0.15, -0.1) is 0 Å². The van der Waals surface area contributed by atoms with Crippen LogP contribution in [0.15, 0.2) is 77.9 Å². The summed E-state index contributed by atoms with van der Waals surface area (Å²) in [5.41, 5.74) is -0.0875. The molecule has 0 saturated heterocycles. The first kappa shape index (κ1) is 21.5. The van der Waals surface area contributed by atoms with Crippen molar-refractivity contribution >= 4 is 34.4 Å². The molecule has 0 amide bonds. The summed E-state index contributed by atoms with van der Waals surface area (Å²) in [6.07, 6.45) is -0.409. The summed E-state index contributed by atoms with van der Waals surface area (Å²) < 4.78 is 38.8. The summed E-state index contributed by atoms with van der Waals surface area (Å²) in [4.78, 5) is 32.2. The lowest BCUT2D eigenvalue weighted by molar-refractivity contribution is -0.137. The van der Waals surface area contributed by atoms with Gasteiger partial charge in [-0.3, -0.25) is 14.6 Å². The molecule has 0 radical (unpaired) electrons. The highest BCUT2D eigenvalue weighted by Crippen LogP contribution is 2.32. The zero-order chi connectivity index (χ0) is 22.9. The number of alkyl halides is 3. The predicted octanol–water partition coefficient (Wildman–Crippen LogP) is 6.16. The molecule has 4 nitrogen and oxygen atoms in total. The second-order valence-corrected chi connectivity index (χ2v) is 7.40. The molecule has 1 N–H and O–H groups in total. The number of carbonyl (C=O) groups excluding carboxylic acids is 1. The Morgan fingerprint density at radius 3 is 2.50 bits per heavy atom. The van der Waals surface area contributed by atoms with E-state index in [-0.39, 0.29) is 11.1 Å². The Morgan fingerprint density at radius 2 is 1.78 bits per heavy atom. The lowest BCUT2D eigenvalue weighted by Gasteiger charge is -2.12. The summed E-state index contributed by atoms with van der Waals surface area (Å²) in [5.74, 6) is -0.663. The average molecular weight is 455 g/mol. The third kappa shape index (κ3) is 4.33. The number of nitrogens with zero attached hydrogens (tertiary/aromatic N) is 1. The molecular weight excluding hydrogens is 441 g/mol. The fourth-order valence-electron chi connectivity index (χ4n) is 3.36. The van der Waals surface area contributed by atoms with E-state index in [2.05, 4.69) is 9.97 Å². The van der Waals surface area contributed by atoms with E-state index in [1.54, 1.807) is 48.5 Å². The van der Waals surface area contributed by atoms with E-state index >= 15 is 0 Å². The second-order valence-electron chi connectivity index (χ2n) is 6.96. The van der Waals surface area contributed by atoms with E-state index in [9.17, 15) is 22.8 Å². The van der Waals surface area contributed by atoms with Gasteiger partial charge in [0.05, 0.1) is 11.1 Å². The summed E-state index contributed by atoms with van der Waals surface area (Å²) in [5, 5.41) is 0.992. The smallest absolute Gasteiger partial charge is 0.321 e. The zero-order valence-electron chi connectivity index (χ0n) is 16.3. The zero-order valence-corrected chi connectivity index (χ0v) is 17.0. The lowest BCUT2D eigenvalue weighted by atomic mass is 9.94. The van der Waals surface area contributed by atoms with E-state index in [1.807, 2.05) is 0 Å². The van der Waals surface area contributed by atoms with Gasteiger partial charge < -0.3 is 4.98 Å². The van der Waals surface area contributed by atoms with Gasteiger partial charge >= 0.3 is 6.18 Å². The molecule has 0 bridgehead atoms. The first-order valence-corrected chi connectivity index (χ1v) is 9.77. The van der Waals surface area contributed by atoms with Crippen LogP contribution in [0.4, 0.5) is 13.2 Å². The van der Waals surface area contributed by atoms with Crippen LogP contribution in [-0.2, 0) is 6.18 Å². The van der Waals surface area contributed by atoms with Crippen molar-refractivity contribution in [2.45, 2.75) is 6.18 Å². The van der Waals surface area contributed by atoms with E-state index in [4.69, 9.17) is 11.6 Å². The number of aromatic nitrogens is 2. The monoisotopic (exact) mass is 454 g/mol. The summed E-state index contributed by atoms with van der Waals surface area (Å²) in [7, 11) is 0. The molecule has 0 unspecified atom stereocenters. The molecule has 0 spiro atoms. The Morgan fingerprint density at radius 1 is 1.03 bits per heavy atom. The Balaban J connectivity index is 1.86. The third-order valence-corrected chi connectivity index (χ3v) is 5.03. The SMILES string of the molecule is O=C(/C=C/c1cncc(C(F)(F)F)c1)c1c(-c2ccccc2)c2cc(Cl)ccc2[nH]c1=O. The average Bonchev–Trinajstić information content (AvgIpc) is 2.77. The number of H-pyrrole nitrogens is 1. The molecule has 0 aliphatic heterocycles. The molecule has 0 fully saturated rings. The van der Waals surface area contributed by atoms with Gasteiger partial charge in [0, 0.05) is 33.9 Å². The summed E-state index contributed by atoms with van der Waals surface area (Å²) >= 11 is 6.15. The maximum absolute atomic E-state index is 13.1. The van der Waals surface area contributed by atoms with E-state index in [1.165, 1.54) is 12.3 Å². The van der Waals surface area contributed by atoms with Gasteiger partial charge in [-0.05, 0) is 47.5 Å². The quantitative estimate of drug-likeness (QED) is 0.297. The number of hydrogen-bond donors (Lipinski definition) is 1. The molecule has 2 aromatic carbocycles. The summed E-state index contributed by atoms with van der Waals surface area (Å²) in [6, 6.07) is 14.6. The van der Waals surface area contributed by atoms with Gasteiger partial charge in [0.2, 0.25) is 0 Å². The van der Waals surface area contributed by atoms with Crippen LogP contribution in [0.2, 0.25) is 5.02 Å². The van der Waals surface area contributed by atoms with Crippen LogP contribution in [0.5, 0.6) is 0 Å². The number of benzene rings is 2. The van der Waals surface area contributed by atoms with Crippen LogP contribution in [0.3, 0.4) is 0 Å². The Hall–Kier alpha value is -3.71. The number of allylic oxidation sites excluding steroid dienone is 1. The maximum atomic E-state index is 13.1. The van der Waals surface area contributed by atoms with E-state index in [0.29, 0.717) is 33.2 Å². The predicted molar refractivity (Wildman–Crippen MR) is 118 cm³/mol. The Bertz CT molecular complexity index is 1410.